The normalized spacial score (nSPS) is 22.4. The molecule has 2 atom stereocenters. The Morgan fingerprint density at radius 3 is 2.76 bits per heavy atom. The van der Waals surface area contributed by atoms with E-state index in [0.717, 1.165) is 37.8 Å². The van der Waals surface area contributed by atoms with E-state index in [-0.39, 0.29) is 23.6 Å². The van der Waals surface area contributed by atoms with Gasteiger partial charge in [-0.25, -0.2) is 0 Å². The third kappa shape index (κ3) is 3.75. The first-order valence-corrected chi connectivity index (χ1v) is 6.99. The average molecular weight is 295 g/mol. The van der Waals surface area contributed by atoms with Crippen LogP contribution in [0.2, 0.25) is 0 Å². The van der Waals surface area contributed by atoms with Crippen LogP contribution in [-0.2, 0) is 4.79 Å². The van der Waals surface area contributed by atoms with E-state index in [4.69, 9.17) is 5.73 Å². The van der Waals surface area contributed by atoms with E-state index in [0.29, 0.717) is 6.42 Å². The molecule has 1 fully saturated rings. The van der Waals surface area contributed by atoms with Crippen LogP contribution >= 0.6 is 0 Å². The Balaban J connectivity index is 2.11. The number of benzene rings is 1. The molecule has 1 saturated carbocycles. The van der Waals surface area contributed by atoms with Gasteiger partial charge in [-0.05, 0) is 25.0 Å². The second kappa shape index (κ2) is 6.62. The van der Waals surface area contributed by atoms with Crippen LogP contribution in [0.1, 0.15) is 32.1 Å². The Hall–Kier alpha value is -2.02. The van der Waals surface area contributed by atoms with Crippen molar-refractivity contribution in [3.63, 3.8) is 0 Å². The molecule has 0 spiro atoms. The summed E-state index contributed by atoms with van der Waals surface area (Å²) in [6.07, 6.45) is 4.50. The molecule has 0 saturated heterocycles. The second-order valence-corrected chi connectivity index (χ2v) is 5.32. The van der Waals surface area contributed by atoms with E-state index in [1.165, 1.54) is 6.07 Å². The molecule has 0 aliphatic heterocycles. The Kier molecular flexibility index (Phi) is 4.85. The molecule has 1 aliphatic carbocycles. The highest BCUT2D eigenvalue weighted by Crippen LogP contribution is 2.25. The Morgan fingerprint density at radius 2 is 2.05 bits per heavy atom. The standard InChI is InChI=1S/C14H18FN3O3/c15-11-7-6-9(8-13(11)18(20)21)17-14(19)10-4-2-1-3-5-12(10)16/h6-8,10,12H,1-5,16H2,(H,17,19). The maximum absolute atomic E-state index is 13.3. The maximum Gasteiger partial charge on any atom is 0.306 e. The third-order valence-electron chi connectivity index (χ3n) is 3.82. The van der Waals surface area contributed by atoms with Crippen molar-refractivity contribution in [2.45, 2.75) is 38.1 Å². The van der Waals surface area contributed by atoms with Gasteiger partial charge >= 0.3 is 5.69 Å². The molecule has 0 radical (unpaired) electrons. The first-order chi connectivity index (χ1) is 9.99. The number of carbonyl (C=O) groups excluding carboxylic acids is 1. The van der Waals surface area contributed by atoms with E-state index >= 15 is 0 Å². The van der Waals surface area contributed by atoms with Crippen LogP contribution in [0.15, 0.2) is 18.2 Å². The van der Waals surface area contributed by atoms with Crippen molar-refractivity contribution in [2.75, 3.05) is 5.32 Å². The highest BCUT2D eigenvalue weighted by molar-refractivity contribution is 5.93. The number of rotatable bonds is 3. The molecule has 3 N–H and O–H groups in total. The molecule has 7 heteroatoms. The summed E-state index contributed by atoms with van der Waals surface area (Å²) in [5.41, 5.74) is 5.56. The molecule has 2 rings (SSSR count). The Labute approximate surface area is 121 Å². The molecule has 0 bridgehead atoms. The van der Waals surface area contributed by atoms with Crippen LogP contribution in [0.5, 0.6) is 0 Å². The zero-order chi connectivity index (χ0) is 15.4. The number of hydrogen-bond acceptors (Lipinski definition) is 4. The minimum atomic E-state index is -0.927. The molecule has 6 nitrogen and oxygen atoms in total. The molecule has 0 aromatic heterocycles. The number of hydrogen-bond donors (Lipinski definition) is 2. The van der Waals surface area contributed by atoms with Crippen LogP contribution in [0, 0.1) is 21.8 Å². The summed E-state index contributed by atoms with van der Waals surface area (Å²) in [6, 6.07) is 3.10. The van der Waals surface area contributed by atoms with Crippen molar-refractivity contribution in [1.29, 1.82) is 0 Å². The van der Waals surface area contributed by atoms with E-state index < -0.39 is 16.4 Å². The molecule has 0 heterocycles. The van der Waals surface area contributed by atoms with Crippen LogP contribution < -0.4 is 11.1 Å². The van der Waals surface area contributed by atoms with Crippen molar-refractivity contribution in [2.24, 2.45) is 11.7 Å². The third-order valence-corrected chi connectivity index (χ3v) is 3.82. The van der Waals surface area contributed by atoms with Gasteiger partial charge in [-0.1, -0.05) is 19.3 Å². The van der Waals surface area contributed by atoms with Gasteiger partial charge in [0.2, 0.25) is 11.7 Å². The molecular formula is C14H18FN3O3. The Morgan fingerprint density at radius 1 is 1.33 bits per heavy atom. The van der Waals surface area contributed by atoms with Gasteiger partial charge in [0.25, 0.3) is 0 Å². The lowest BCUT2D eigenvalue weighted by Gasteiger charge is -2.20. The summed E-state index contributed by atoms with van der Waals surface area (Å²) in [7, 11) is 0. The number of anilines is 1. The molecule has 1 aromatic carbocycles. The van der Waals surface area contributed by atoms with E-state index in [2.05, 4.69) is 5.32 Å². The lowest BCUT2D eigenvalue weighted by molar-refractivity contribution is -0.387. The number of carbonyl (C=O) groups is 1. The number of nitrogens with zero attached hydrogens (tertiary/aromatic N) is 1. The molecule has 114 valence electrons. The summed E-state index contributed by atoms with van der Waals surface area (Å²) < 4.78 is 13.3. The van der Waals surface area contributed by atoms with Gasteiger partial charge in [-0.3, -0.25) is 14.9 Å². The predicted molar refractivity (Wildman–Crippen MR) is 76.2 cm³/mol. The fraction of sp³-hybridized carbons (Fsp3) is 0.500. The predicted octanol–water partition coefficient (Wildman–Crippen LogP) is 2.58. The van der Waals surface area contributed by atoms with Gasteiger partial charge in [-0.2, -0.15) is 4.39 Å². The van der Waals surface area contributed by atoms with Crippen molar-refractivity contribution >= 4 is 17.3 Å². The van der Waals surface area contributed by atoms with E-state index in [1.54, 1.807) is 0 Å². The number of amides is 1. The quantitative estimate of drug-likeness (QED) is 0.508. The second-order valence-electron chi connectivity index (χ2n) is 5.32. The number of nitro benzene ring substituents is 1. The monoisotopic (exact) mass is 295 g/mol. The minimum Gasteiger partial charge on any atom is -0.327 e. The van der Waals surface area contributed by atoms with Gasteiger partial charge in [-0.15, -0.1) is 0 Å². The SMILES string of the molecule is NC1CCCCCC1C(=O)Nc1ccc(F)c([N+](=O)[O-])c1. The summed E-state index contributed by atoms with van der Waals surface area (Å²) in [5.74, 6) is -1.49. The van der Waals surface area contributed by atoms with Gasteiger partial charge in [0, 0.05) is 17.8 Å². The van der Waals surface area contributed by atoms with Crippen molar-refractivity contribution in [1.82, 2.24) is 0 Å². The summed E-state index contributed by atoms with van der Waals surface area (Å²) in [4.78, 5) is 22.1. The van der Waals surface area contributed by atoms with Gasteiger partial charge in [0.15, 0.2) is 0 Å². The van der Waals surface area contributed by atoms with Gasteiger partial charge in [0.05, 0.1) is 10.8 Å². The number of nitro groups is 1. The fourth-order valence-electron chi connectivity index (χ4n) is 2.63. The van der Waals surface area contributed by atoms with Crippen LogP contribution in [-0.4, -0.2) is 16.9 Å². The number of halogens is 1. The van der Waals surface area contributed by atoms with E-state index in [1.807, 2.05) is 0 Å². The number of nitrogens with two attached hydrogens (primary N) is 1. The minimum absolute atomic E-state index is 0.206. The van der Waals surface area contributed by atoms with Crippen molar-refractivity contribution in [3.05, 3.63) is 34.1 Å². The Bertz CT molecular complexity index is 550. The first kappa shape index (κ1) is 15.4. The molecule has 2 unspecified atom stereocenters. The molecule has 1 aromatic rings. The topological polar surface area (TPSA) is 98.3 Å². The highest BCUT2D eigenvalue weighted by Gasteiger charge is 2.27. The summed E-state index contributed by atoms with van der Waals surface area (Å²) >= 11 is 0. The first-order valence-electron chi connectivity index (χ1n) is 6.99. The van der Waals surface area contributed by atoms with Crippen LogP contribution in [0.25, 0.3) is 0 Å². The lowest BCUT2D eigenvalue weighted by Crippen LogP contribution is -2.37. The lowest BCUT2D eigenvalue weighted by atomic mass is 9.94. The van der Waals surface area contributed by atoms with Crippen LogP contribution in [0.4, 0.5) is 15.8 Å². The van der Waals surface area contributed by atoms with Crippen molar-refractivity contribution in [3.8, 4) is 0 Å². The fourth-order valence-corrected chi connectivity index (χ4v) is 2.63. The summed E-state index contributed by atoms with van der Waals surface area (Å²) in [5, 5.41) is 13.3. The van der Waals surface area contributed by atoms with Gasteiger partial charge < -0.3 is 11.1 Å². The van der Waals surface area contributed by atoms with Crippen LogP contribution in [0.3, 0.4) is 0 Å². The number of nitrogens with one attached hydrogen (secondary N) is 1. The van der Waals surface area contributed by atoms with E-state index in [9.17, 15) is 19.3 Å². The van der Waals surface area contributed by atoms with Crippen molar-refractivity contribution < 1.29 is 14.1 Å². The molecule has 1 aliphatic rings. The average Bonchev–Trinajstić information content (AvgIpc) is 2.65. The maximum atomic E-state index is 13.3. The summed E-state index contributed by atoms with van der Waals surface area (Å²) in [6.45, 7) is 0. The molecular weight excluding hydrogens is 277 g/mol. The zero-order valence-corrected chi connectivity index (χ0v) is 11.5. The van der Waals surface area contributed by atoms with Gasteiger partial charge in [0.1, 0.15) is 0 Å². The molecule has 21 heavy (non-hydrogen) atoms. The largest absolute Gasteiger partial charge is 0.327 e. The smallest absolute Gasteiger partial charge is 0.306 e. The zero-order valence-electron chi connectivity index (χ0n) is 11.5. The highest BCUT2D eigenvalue weighted by atomic mass is 19.1. The molecule has 1 amide bonds.